The first-order chi connectivity index (χ1) is 13.8. The quantitative estimate of drug-likeness (QED) is 0.411. The van der Waals surface area contributed by atoms with Crippen LogP contribution < -0.4 is 4.90 Å². The number of likely N-dealkylation sites (N-methyl/N-ethyl adjacent to an activating group) is 1. The average molecular weight is 391 g/mol. The predicted octanol–water partition coefficient (Wildman–Crippen LogP) is 3.25. The van der Waals surface area contributed by atoms with Gasteiger partial charge in [0.15, 0.2) is 6.10 Å². The van der Waals surface area contributed by atoms with E-state index >= 15 is 0 Å². The summed E-state index contributed by atoms with van der Waals surface area (Å²) >= 11 is 0. The standard InChI is InChI=1S/C23H25N3O3/c1-17(22(27)26(4)16-19-8-6-5-7-9-19)29-23(28)20(15-24)14-18-10-12-21(13-11-18)25(2)3/h5-14,17H,16H2,1-4H3/b20-14-/t17-/m0/s1. The van der Waals surface area contributed by atoms with Gasteiger partial charge in [0.1, 0.15) is 11.6 Å². The maximum absolute atomic E-state index is 12.5. The summed E-state index contributed by atoms with van der Waals surface area (Å²) in [5.41, 5.74) is 2.52. The van der Waals surface area contributed by atoms with Crippen LogP contribution in [0.3, 0.4) is 0 Å². The molecule has 6 heteroatoms. The summed E-state index contributed by atoms with van der Waals surface area (Å²) in [6.45, 7) is 1.91. The Morgan fingerprint density at radius 1 is 1.07 bits per heavy atom. The molecule has 0 fully saturated rings. The molecule has 0 unspecified atom stereocenters. The van der Waals surface area contributed by atoms with Gasteiger partial charge in [-0.05, 0) is 36.3 Å². The van der Waals surface area contributed by atoms with Gasteiger partial charge in [0.25, 0.3) is 5.91 Å². The minimum Gasteiger partial charge on any atom is -0.448 e. The Morgan fingerprint density at radius 2 is 1.69 bits per heavy atom. The van der Waals surface area contributed by atoms with E-state index < -0.39 is 12.1 Å². The number of carbonyl (C=O) groups excluding carboxylic acids is 2. The smallest absolute Gasteiger partial charge is 0.349 e. The summed E-state index contributed by atoms with van der Waals surface area (Å²) in [5, 5.41) is 9.33. The third-order valence-electron chi connectivity index (χ3n) is 4.33. The second kappa shape index (κ2) is 10.1. The number of amides is 1. The Balaban J connectivity index is 2.02. The van der Waals surface area contributed by atoms with Crippen LogP contribution in [0, 0.1) is 11.3 Å². The van der Waals surface area contributed by atoms with Crippen LogP contribution in [0.25, 0.3) is 6.08 Å². The lowest BCUT2D eigenvalue weighted by Crippen LogP contribution is -2.37. The molecular weight excluding hydrogens is 366 g/mol. The van der Waals surface area contributed by atoms with Gasteiger partial charge in [0.05, 0.1) is 0 Å². The predicted molar refractivity (Wildman–Crippen MR) is 113 cm³/mol. The lowest BCUT2D eigenvalue weighted by molar-refractivity contribution is -0.155. The zero-order chi connectivity index (χ0) is 21.4. The molecule has 0 aliphatic heterocycles. The van der Waals surface area contributed by atoms with Crippen molar-refractivity contribution in [2.75, 3.05) is 26.0 Å². The van der Waals surface area contributed by atoms with Crippen molar-refractivity contribution in [2.24, 2.45) is 0 Å². The van der Waals surface area contributed by atoms with Crippen molar-refractivity contribution in [2.45, 2.75) is 19.6 Å². The summed E-state index contributed by atoms with van der Waals surface area (Å²) in [6, 6.07) is 18.8. The Morgan fingerprint density at radius 3 is 2.24 bits per heavy atom. The number of esters is 1. The Bertz CT molecular complexity index is 913. The number of benzene rings is 2. The summed E-state index contributed by atoms with van der Waals surface area (Å²) in [4.78, 5) is 28.3. The topological polar surface area (TPSA) is 73.6 Å². The van der Waals surface area contributed by atoms with E-state index in [0.717, 1.165) is 11.3 Å². The fourth-order valence-corrected chi connectivity index (χ4v) is 2.69. The lowest BCUT2D eigenvalue weighted by atomic mass is 10.1. The van der Waals surface area contributed by atoms with Gasteiger partial charge in [0.2, 0.25) is 0 Å². The maximum Gasteiger partial charge on any atom is 0.349 e. The van der Waals surface area contributed by atoms with Crippen molar-refractivity contribution >= 4 is 23.6 Å². The second-order valence-corrected chi connectivity index (χ2v) is 6.88. The molecule has 2 aromatic carbocycles. The van der Waals surface area contributed by atoms with Crippen LogP contribution in [0.5, 0.6) is 0 Å². The Hall–Kier alpha value is -3.59. The molecule has 0 aliphatic carbocycles. The largest absolute Gasteiger partial charge is 0.448 e. The summed E-state index contributed by atoms with van der Waals surface area (Å²) in [7, 11) is 5.50. The van der Waals surface area contributed by atoms with Crippen LogP contribution in [-0.2, 0) is 20.9 Å². The highest BCUT2D eigenvalue weighted by atomic mass is 16.5. The maximum atomic E-state index is 12.5. The highest BCUT2D eigenvalue weighted by molar-refractivity contribution is 5.99. The molecule has 0 bridgehead atoms. The van der Waals surface area contributed by atoms with Crippen molar-refractivity contribution in [1.29, 1.82) is 5.26 Å². The van der Waals surface area contributed by atoms with Crippen molar-refractivity contribution in [3.8, 4) is 6.07 Å². The van der Waals surface area contributed by atoms with E-state index in [1.54, 1.807) is 7.05 Å². The van der Waals surface area contributed by atoms with E-state index in [9.17, 15) is 14.9 Å². The molecule has 0 heterocycles. The Kier molecular flexibility index (Phi) is 7.55. The number of nitrogens with zero attached hydrogens (tertiary/aromatic N) is 3. The molecule has 0 saturated heterocycles. The zero-order valence-corrected chi connectivity index (χ0v) is 17.1. The third-order valence-corrected chi connectivity index (χ3v) is 4.33. The summed E-state index contributed by atoms with van der Waals surface area (Å²) < 4.78 is 5.23. The average Bonchev–Trinajstić information content (AvgIpc) is 2.72. The number of anilines is 1. The van der Waals surface area contributed by atoms with Crippen LogP contribution in [-0.4, -0.2) is 44.0 Å². The van der Waals surface area contributed by atoms with Crippen LogP contribution >= 0.6 is 0 Å². The van der Waals surface area contributed by atoms with Crippen molar-refractivity contribution in [1.82, 2.24) is 4.90 Å². The fourth-order valence-electron chi connectivity index (χ4n) is 2.69. The van der Waals surface area contributed by atoms with E-state index in [-0.39, 0.29) is 11.5 Å². The second-order valence-electron chi connectivity index (χ2n) is 6.88. The van der Waals surface area contributed by atoms with Gasteiger partial charge in [-0.1, -0.05) is 42.5 Å². The Labute approximate surface area is 171 Å². The number of carbonyl (C=O) groups is 2. The monoisotopic (exact) mass is 391 g/mol. The van der Waals surface area contributed by atoms with Crippen LogP contribution in [0.15, 0.2) is 60.2 Å². The number of rotatable bonds is 7. The number of ether oxygens (including phenoxy) is 1. The molecular formula is C23H25N3O3. The van der Waals surface area contributed by atoms with Crippen LogP contribution in [0.1, 0.15) is 18.1 Å². The highest BCUT2D eigenvalue weighted by Crippen LogP contribution is 2.15. The number of nitriles is 1. The summed E-state index contributed by atoms with van der Waals surface area (Å²) in [6.07, 6.45) is 0.455. The first kappa shape index (κ1) is 21.7. The van der Waals surface area contributed by atoms with E-state index in [4.69, 9.17) is 4.74 Å². The molecule has 1 atom stereocenters. The van der Waals surface area contributed by atoms with Gasteiger partial charge in [-0.2, -0.15) is 5.26 Å². The van der Waals surface area contributed by atoms with Crippen LogP contribution in [0.2, 0.25) is 0 Å². The minimum absolute atomic E-state index is 0.159. The van der Waals surface area contributed by atoms with Gasteiger partial charge in [-0.3, -0.25) is 4.79 Å². The SMILES string of the molecule is C[C@H](OC(=O)/C(C#N)=C\c1ccc(N(C)C)cc1)C(=O)N(C)Cc1ccccc1. The highest BCUT2D eigenvalue weighted by Gasteiger charge is 2.23. The van der Waals surface area contributed by atoms with Crippen molar-refractivity contribution in [3.05, 3.63) is 71.3 Å². The lowest BCUT2D eigenvalue weighted by Gasteiger charge is -2.21. The molecule has 1 amide bonds. The van der Waals surface area contributed by atoms with Gasteiger partial charge in [0, 0.05) is 33.4 Å². The molecule has 150 valence electrons. The first-order valence-corrected chi connectivity index (χ1v) is 9.21. The molecule has 6 nitrogen and oxygen atoms in total. The van der Waals surface area contributed by atoms with Gasteiger partial charge in [-0.25, -0.2) is 4.79 Å². The van der Waals surface area contributed by atoms with Crippen LogP contribution in [0.4, 0.5) is 5.69 Å². The van der Waals surface area contributed by atoms with Gasteiger partial charge >= 0.3 is 5.97 Å². The zero-order valence-electron chi connectivity index (χ0n) is 17.1. The van der Waals surface area contributed by atoms with E-state index in [1.165, 1.54) is 17.9 Å². The van der Waals surface area contributed by atoms with Crippen molar-refractivity contribution < 1.29 is 14.3 Å². The molecule has 0 aromatic heterocycles. The molecule has 0 aliphatic rings. The van der Waals surface area contributed by atoms with E-state index in [1.807, 2.05) is 79.7 Å². The molecule has 0 N–H and O–H groups in total. The first-order valence-electron chi connectivity index (χ1n) is 9.21. The minimum atomic E-state index is -0.996. The molecule has 29 heavy (non-hydrogen) atoms. The third kappa shape index (κ3) is 6.22. The van der Waals surface area contributed by atoms with Gasteiger partial charge in [-0.15, -0.1) is 0 Å². The molecule has 0 radical (unpaired) electrons. The molecule has 0 spiro atoms. The number of hydrogen-bond donors (Lipinski definition) is 0. The van der Waals surface area contributed by atoms with E-state index in [2.05, 4.69) is 0 Å². The number of hydrogen-bond acceptors (Lipinski definition) is 5. The molecule has 2 aromatic rings. The summed E-state index contributed by atoms with van der Waals surface area (Å²) in [5.74, 6) is -1.16. The van der Waals surface area contributed by atoms with Gasteiger partial charge < -0.3 is 14.5 Å². The normalized spacial score (nSPS) is 11.9. The molecule has 2 rings (SSSR count). The molecule has 0 saturated carbocycles. The van der Waals surface area contributed by atoms with Crippen molar-refractivity contribution in [3.63, 3.8) is 0 Å². The fraction of sp³-hybridized carbons (Fsp3) is 0.261. The van der Waals surface area contributed by atoms with E-state index in [0.29, 0.717) is 12.1 Å².